The first-order valence-corrected chi connectivity index (χ1v) is 37.2. The molecule has 0 aliphatic carbocycles. The van der Waals surface area contributed by atoms with E-state index in [1.807, 2.05) is 115 Å². The number of carbonyl (C=O) groups excluding carboxylic acids is 7. The number of nitrogens with one attached hydrogen (secondary N) is 3. The average molecular weight is 1620 g/mol. The summed E-state index contributed by atoms with van der Waals surface area (Å²) in [6, 6.07) is 75.7. The highest BCUT2D eigenvalue weighted by Crippen LogP contribution is 2.34. The van der Waals surface area contributed by atoms with Crippen LogP contribution in [0, 0.1) is 11.3 Å². The number of benzene rings is 10. The number of nitrogens with two attached hydrogens (primary N) is 2. The third kappa shape index (κ3) is 29.4. The number of hydrogen-bond donors (Lipinski definition) is 6. The van der Waals surface area contributed by atoms with Gasteiger partial charge in [0, 0.05) is 90.5 Å². The highest BCUT2D eigenvalue weighted by Gasteiger charge is 2.22. The Morgan fingerprint density at radius 3 is 1.28 bits per heavy atom. The highest BCUT2D eigenvalue weighted by atomic mass is 35.5. The first-order valence-electron chi connectivity index (χ1n) is 36.8. The van der Waals surface area contributed by atoms with Crippen molar-refractivity contribution < 1.29 is 81.4 Å². The average Bonchev–Trinajstić information content (AvgIpc) is 0.773. The van der Waals surface area contributed by atoms with Crippen molar-refractivity contribution in [2.75, 3.05) is 72.2 Å². The fourth-order valence-corrected chi connectivity index (χ4v) is 11.3. The summed E-state index contributed by atoms with van der Waals surface area (Å²) in [5.74, 6) is 0.326. The molecule has 1 amide bonds. The lowest BCUT2D eigenvalue weighted by atomic mass is 9.94. The number of carbonyl (C=O) groups is 8. The molecule has 0 atom stereocenters. The number of H-pyrrole nitrogens is 2. The molecule has 25 nitrogen and oxygen atoms in total. The zero-order valence-corrected chi connectivity index (χ0v) is 67.1. The van der Waals surface area contributed by atoms with Gasteiger partial charge in [0.2, 0.25) is 11.1 Å². The number of nitrogen functional groups attached to an aromatic ring is 2. The molecule has 0 aliphatic rings. The molecule has 0 spiro atoms. The monoisotopic (exact) mass is 1620 g/mol. The number of anilines is 3. The molecule has 2 aromatic heterocycles. The van der Waals surface area contributed by atoms with Gasteiger partial charge in [-0.2, -0.15) is 5.26 Å². The van der Waals surface area contributed by atoms with Gasteiger partial charge in [0.15, 0.2) is 11.6 Å². The number of ether oxygens (including phenoxy) is 8. The number of halogens is 1. The number of methoxy groups -OCH3 is 5. The molecule has 12 rings (SSSR count). The topological polar surface area (TPSA) is 384 Å². The predicted octanol–water partition coefficient (Wildman–Crippen LogP) is 15.8. The molecule has 8 N–H and O–H groups in total. The number of aliphatic carboxylic acids is 1. The minimum Gasteiger partial charge on any atom is -0.497 e. The number of carboxylic acids is 1. The van der Waals surface area contributed by atoms with Crippen LogP contribution < -0.4 is 51.6 Å². The molecule has 0 fully saturated rings. The lowest BCUT2D eigenvalue weighted by molar-refractivity contribution is -0.144. The van der Waals surface area contributed by atoms with Crippen molar-refractivity contribution >= 4 is 97.1 Å². The summed E-state index contributed by atoms with van der Waals surface area (Å²) >= 11 is 4.98. The number of fused-ring (bicyclic) bond motifs is 2. The van der Waals surface area contributed by atoms with Crippen molar-refractivity contribution in [3.63, 3.8) is 0 Å². The van der Waals surface area contributed by atoms with E-state index in [2.05, 4.69) is 20.0 Å². The van der Waals surface area contributed by atoms with Gasteiger partial charge in [-0.05, 0) is 159 Å². The van der Waals surface area contributed by atoms with E-state index in [1.54, 1.807) is 189 Å². The minimum atomic E-state index is -1.05. The van der Waals surface area contributed by atoms with E-state index in [9.17, 15) is 47.9 Å². The maximum absolute atomic E-state index is 12.8. The van der Waals surface area contributed by atoms with Crippen LogP contribution in [0.3, 0.4) is 0 Å². The van der Waals surface area contributed by atoms with Crippen LogP contribution >= 0.6 is 11.6 Å². The Morgan fingerprint density at radius 1 is 0.432 bits per heavy atom. The van der Waals surface area contributed by atoms with E-state index < -0.39 is 23.2 Å². The minimum absolute atomic E-state index is 0.00826. The number of ketones is 2. The first-order chi connectivity index (χ1) is 56.9. The number of amides is 1. The summed E-state index contributed by atoms with van der Waals surface area (Å²) in [4.78, 5) is 123. The largest absolute Gasteiger partial charge is 0.497 e. The molecule has 118 heavy (non-hydrogen) atoms. The Balaban J connectivity index is 0.000000222. The number of aromatic nitrogens is 2. The molecule has 0 radical (unpaired) electrons. The Bertz CT molecular complexity index is 5570. The van der Waals surface area contributed by atoms with Crippen LogP contribution in [0.1, 0.15) is 95.0 Å². The molecule has 610 valence electrons. The standard InChI is InChI=1S/C20H21NO5.C20H19NO4.C18H15NO4.C14H13NO2.C8H7NO.C6H9ClO3.C6H7N/c1-3-26-19(23)12-11-18(22)21-17-10-5-4-9-16(17)20(24)14-7-6-8-15(13-14)25-2;1-3-25-18(22)12-16-19(13-7-6-8-14(11-13)24-2)15-9-4-5-10-17(15)21-20(16)23;1-23-12-6-4-5-11(9-12)17-13-7-2-3-8-15(13)19-18(22)14(17)10-16(20)21;1-17-11-6-4-5-10(9-11)14(16)12-7-2-3-8-13(12)15;1-10-8-4-2-3-7(5-8)6-9;1-2-10-6(9)4-3-5(7)8;7-6-4-2-1-3-5-6/h4-10,13H,3,11-12H2,1-2H3,(H,21,22);4-11H,3,12H2,1-2H3,(H,21,23);2-9H,10H2,1H3,(H,19,22)(H,20,21);2-9H,15H2,1H3;2-5H,1H3;2-4H2,1H3;1-5H,7H2. The number of nitriles is 1. The van der Waals surface area contributed by atoms with Gasteiger partial charge in [0.05, 0.1) is 98.4 Å². The fraction of sp³-hybridized carbons (Fsp3) is 0.185. The summed E-state index contributed by atoms with van der Waals surface area (Å²) in [6.45, 7) is 6.05. The van der Waals surface area contributed by atoms with Gasteiger partial charge in [-0.15, -0.1) is 0 Å². The second kappa shape index (κ2) is 49.1. The zero-order valence-electron chi connectivity index (χ0n) is 66.3. The first kappa shape index (κ1) is 92.2. The summed E-state index contributed by atoms with van der Waals surface area (Å²) < 4.78 is 40.0. The van der Waals surface area contributed by atoms with E-state index >= 15 is 0 Å². The van der Waals surface area contributed by atoms with Gasteiger partial charge in [0.1, 0.15) is 28.7 Å². The van der Waals surface area contributed by atoms with Gasteiger partial charge in [-0.1, -0.05) is 133 Å². The molecule has 0 saturated heterocycles. The summed E-state index contributed by atoms with van der Waals surface area (Å²) in [6.07, 6.45) is -0.310. The van der Waals surface area contributed by atoms with Crippen LogP contribution in [0.5, 0.6) is 28.7 Å². The maximum atomic E-state index is 12.8. The maximum Gasteiger partial charge on any atom is 0.310 e. The van der Waals surface area contributed by atoms with Crippen molar-refractivity contribution in [1.29, 1.82) is 5.26 Å². The van der Waals surface area contributed by atoms with Crippen LogP contribution in [0.2, 0.25) is 0 Å². The van der Waals surface area contributed by atoms with Gasteiger partial charge in [-0.25, -0.2) is 0 Å². The number of pyridine rings is 2. The number of esters is 3. The Morgan fingerprint density at radius 2 is 0.831 bits per heavy atom. The van der Waals surface area contributed by atoms with E-state index in [0.29, 0.717) is 85.4 Å². The number of rotatable bonds is 25. The molecule has 0 saturated carbocycles. The van der Waals surface area contributed by atoms with Gasteiger partial charge >= 0.3 is 23.9 Å². The number of para-hydroxylation sites is 5. The van der Waals surface area contributed by atoms with Gasteiger partial charge in [-0.3, -0.25) is 47.9 Å². The third-order valence-electron chi connectivity index (χ3n) is 16.7. The SMILES string of the molecule is CCOC(=O)CCC(=O)Cl.CCOC(=O)CCC(=O)Nc1ccccc1C(=O)c1cccc(OC)c1.CCOC(=O)Cc1c(-c2cccc(OC)c2)c2ccccc2[nH]c1=O.COc1cccc(-c2c(CC(=O)O)c(=O)[nH]c3ccccc23)c1.COc1cccc(C#N)c1.COc1cccc(C(=O)c2ccccc2N)c1.Nc1ccccc1. The highest BCUT2D eigenvalue weighted by molar-refractivity contribution is 6.63. The molecule has 26 heteroatoms. The number of carboxylic acid groups (broad SMARTS) is 1. The Labute approximate surface area is 687 Å². The second-order valence-corrected chi connectivity index (χ2v) is 25.2. The zero-order chi connectivity index (χ0) is 85.9. The van der Waals surface area contributed by atoms with Gasteiger partial charge in [0.25, 0.3) is 11.1 Å². The molecule has 10 aromatic carbocycles. The predicted molar refractivity (Wildman–Crippen MR) is 455 cm³/mol. The number of aromatic amines is 2. The summed E-state index contributed by atoms with van der Waals surface area (Å²) in [7, 11) is 7.83. The number of nitrogens with zero attached hydrogens (tertiary/aromatic N) is 1. The third-order valence-corrected chi connectivity index (χ3v) is 16.9. The molecular formula is C92H91ClN6O19. The lowest BCUT2D eigenvalue weighted by Crippen LogP contribution is -2.19. The second-order valence-electron chi connectivity index (χ2n) is 24.7. The molecular weight excluding hydrogens is 1530 g/mol. The lowest BCUT2D eigenvalue weighted by Gasteiger charge is -2.13. The van der Waals surface area contributed by atoms with E-state index in [0.717, 1.165) is 44.4 Å². The summed E-state index contributed by atoms with van der Waals surface area (Å²) in [5.41, 5.74) is 19.7. The molecule has 2 heterocycles. The Kier molecular flexibility index (Phi) is 38.4. The number of hydrogen-bond acceptors (Lipinski definition) is 21. The van der Waals surface area contributed by atoms with Crippen LogP contribution in [0.25, 0.3) is 44.1 Å². The van der Waals surface area contributed by atoms with Crippen molar-refractivity contribution in [3.05, 3.63) is 308 Å². The summed E-state index contributed by atoms with van der Waals surface area (Å²) in [5, 5.41) is 21.5. The van der Waals surface area contributed by atoms with Crippen LogP contribution in [0.4, 0.5) is 17.1 Å². The quantitative estimate of drug-likeness (QED) is 0.0102. The van der Waals surface area contributed by atoms with Crippen molar-refractivity contribution in [3.8, 4) is 57.1 Å². The van der Waals surface area contributed by atoms with Crippen molar-refractivity contribution in [2.24, 2.45) is 0 Å². The van der Waals surface area contributed by atoms with E-state index in [4.69, 9.17) is 66.6 Å². The molecule has 0 unspecified atom stereocenters. The molecule has 12 aromatic rings. The van der Waals surface area contributed by atoms with Crippen LogP contribution in [-0.2, 0) is 55.8 Å². The smallest absolute Gasteiger partial charge is 0.310 e. The van der Waals surface area contributed by atoms with E-state index in [1.165, 1.54) is 7.11 Å². The van der Waals surface area contributed by atoms with Crippen LogP contribution in [-0.4, -0.2) is 117 Å². The fourth-order valence-electron chi connectivity index (χ4n) is 11.2. The van der Waals surface area contributed by atoms with Gasteiger partial charge < -0.3 is 69.8 Å². The van der Waals surface area contributed by atoms with E-state index in [-0.39, 0.29) is 91.9 Å². The van der Waals surface area contributed by atoms with Crippen molar-refractivity contribution in [1.82, 2.24) is 9.97 Å². The molecule has 0 bridgehead atoms. The Hall–Kier alpha value is -14.6. The van der Waals surface area contributed by atoms with Crippen LogP contribution in [0.15, 0.2) is 258 Å². The molecule has 0 aliphatic heterocycles. The normalized spacial score (nSPS) is 9.97. The van der Waals surface area contributed by atoms with Crippen molar-refractivity contribution in [2.45, 2.75) is 59.3 Å².